The zero-order chi connectivity index (χ0) is 16.3. The minimum absolute atomic E-state index is 0.141. The number of rotatable bonds is 5. The summed E-state index contributed by atoms with van der Waals surface area (Å²) < 4.78 is 1.89. The van der Waals surface area contributed by atoms with Crippen LogP contribution in [0.25, 0.3) is 10.9 Å². The lowest BCUT2D eigenvalue weighted by atomic mass is 9.74. The molecule has 23 heavy (non-hydrogen) atoms. The Bertz CT molecular complexity index is 714. The zero-order valence-corrected chi connectivity index (χ0v) is 13.1. The maximum absolute atomic E-state index is 12.2. The first-order chi connectivity index (χ1) is 11.1. The Morgan fingerprint density at radius 2 is 1.87 bits per heavy atom. The van der Waals surface area contributed by atoms with Gasteiger partial charge in [0.2, 0.25) is 5.91 Å². The second-order valence-corrected chi connectivity index (χ2v) is 6.43. The van der Waals surface area contributed by atoms with Gasteiger partial charge in [-0.2, -0.15) is 0 Å². The predicted octanol–water partition coefficient (Wildman–Crippen LogP) is 2.79. The van der Waals surface area contributed by atoms with Gasteiger partial charge in [-0.05, 0) is 30.4 Å². The summed E-state index contributed by atoms with van der Waals surface area (Å²) in [5.41, 5.74) is 0.223. The fourth-order valence-corrected chi connectivity index (χ4v) is 3.45. The number of hydrogen-bond acceptors (Lipinski definition) is 2. The van der Waals surface area contributed by atoms with E-state index in [9.17, 15) is 14.7 Å². The van der Waals surface area contributed by atoms with Crippen LogP contribution in [-0.4, -0.2) is 28.1 Å². The normalized spacial score (nSPS) is 17.0. The summed E-state index contributed by atoms with van der Waals surface area (Å²) in [6.07, 6.45) is 6.11. The molecule has 1 saturated carbocycles. The molecule has 0 radical (unpaired) electrons. The van der Waals surface area contributed by atoms with Crippen LogP contribution in [0.1, 0.15) is 32.1 Å². The van der Waals surface area contributed by atoms with Crippen LogP contribution in [0.3, 0.4) is 0 Å². The molecule has 0 spiro atoms. The average molecular weight is 314 g/mol. The van der Waals surface area contributed by atoms with Crippen LogP contribution in [0.4, 0.5) is 0 Å². The van der Waals surface area contributed by atoms with Crippen LogP contribution in [-0.2, 0) is 16.1 Å². The van der Waals surface area contributed by atoms with Crippen LogP contribution in [0, 0.1) is 5.41 Å². The molecule has 1 fully saturated rings. The molecule has 1 heterocycles. The van der Waals surface area contributed by atoms with Crippen molar-refractivity contribution in [2.45, 2.75) is 38.6 Å². The molecule has 122 valence electrons. The van der Waals surface area contributed by atoms with E-state index in [-0.39, 0.29) is 19.0 Å². The molecule has 2 N–H and O–H groups in total. The van der Waals surface area contributed by atoms with Gasteiger partial charge in [0.05, 0.1) is 5.41 Å². The molecule has 3 rings (SSSR count). The average Bonchev–Trinajstić information content (AvgIpc) is 2.97. The van der Waals surface area contributed by atoms with Crippen molar-refractivity contribution in [1.82, 2.24) is 9.88 Å². The summed E-state index contributed by atoms with van der Waals surface area (Å²) in [6, 6.07) is 9.86. The molecule has 0 unspecified atom stereocenters. The fraction of sp³-hybridized carbons (Fsp3) is 0.444. The van der Waals surface area contributed by atoms with Crippen LogP contribution < -0.4 is 5.32 Å². The van der Waals surface area contributed by atoms with Gasteiger partial charge >= 0.3 is 5.97 Å². The first-order valence-corrected chi connectivity index (χ1v) is 8.15. The molecule has 2 aromatic rings. The number of aromatic nitrogens is 1. The summed E-state index contributed by atoms with van der Waals surface area (Å²) in [7, 11) is 0. The first kappa shape index (κ1) is 15.6. The van der Waals surface area contributed by atoms with E-state index in [1.165, 1.54) is 0 Å². The Hall–Kier alpha value is -2.30. The van der Waals surface area contributed by atoms with Crippen molar-refractivity contribution in [2.75, 3.05) is 6.54 Å². The number of nitrogens with zero attached hydrogens (tertiary/aromatic N) is 1. The van der Waals surface area contributed by atoms with Crippen LogP contribution in [0.5, 0.6) is 0 Å². The monoisotopic (exact) mass is 314 g/mol. The largest absolute Gasteiger partial charge is 0.481 e. The van der Waals surface area contributed by atoms with Crippen molar-refractivity contribution in [3.05, 3.63) is 36.5 Å². The Morgan fingerprint density at radius 3 is 2.61 bits per heavy atom. The van der Waals surface area contributed by atoms with Gasteiger partial charge in [0.25, 0.3) is 0 Å². The number of amides is 1. The number of carbonyl (C=O) groups is 2. The van der Waals surface area contributed by atoms with Crippen molar-refractivity contribution in [1.29, 1.82) is 0 Å². The second-order valence-electron chi connectivity index (χ2n) is 6.43. The van der Waals surface area contributed by atoms with Gasteiger partial charge in [0.15, 0.2) is 0 Å². The van der Waals surface area contributed by atoms with E-state index < -0.39 is 11.4 Å². The Kier molecular flexibility index (Phi) is 4.37. The molecule has 1 aromatic heterocycles. The maximum atomic E-state index is 12.2. The van der Waals surface area contributed by atoms with E-state index in [1.807, 2.05) is 41.1 Å². The summed E-state index contributed by atoms with van der Waals surface area (Å²) >= 11 is 0. The molecule has 5 heteroatoms. The molecule has 0 bridgehead atoms. The number of carboxylic acids is 1. The minimum Gasteiger partial charge on any atom is -0.481 e. The summed E-state index contributed by atoms with van der Waals surface area (Å²) in [6.45, 7) is 0.434. The lowest BCUT2D eigenvalue weighted by Gasteiger charge is -2.33. The highest BCUT2D eigenvalue weighted by Gasteiger charge is 2.39. The van der Waals surface area contributed by atoms with Crippen LogP contribution in [0.15, 0.2) is 36.5 Å². The van der Waals surface area contributed by atoms with E-state index in [4.69, 9.17) is 0 Å². The Morgan fingerprint density at radius 1 is 1.13 bits per heavy atom. The topological polar surface area (TPSA) is 71.3 Å². The van der Waals surface area contributed by atoms with E-state index in [0.717, 1.165) is 30.2 Å². The summed E-state index contributed by atoms with van der Waals surface area (Å²) in [4.78, 5) is 23.9. The SMILES string of the molecule is O=C(Cn1ccc2ccccc21)NCC1(C(=O)O)CCCCC1. The van der Waals surface area contributed by atoms with Gasteiger partial charge < -0.3 is 15.0 Å². The number of hydrogen-bond donors (Lipinski definition) is 2. The molecule has 0 aliphatic heterocycles. The quantitative estimate of drug-likeness (QED) is 0.891. The van der Waals surface area contributed by atoms with Gasteiger partial charge in [-0.15, -0.1) is 0 Å². The number of aliphatic carboxylic acids is 1. The van der Waals surface area contributed by atoms with E-state index >= 15 is 0 Å². The maximum Gasteiger partial charge on any atom is 0.311 e. The summed E-state index contributed by atoms with van der Waals surface area (Å²) in [5, 5.41) is 13.5. The molecule has 5 nitrogen and oxygen atoms in total. The van der Waals surface area contributed by atoms with Crippen molar-refractivity contribution < 1.29 is 14.7 Å². The highest BCUT2D eigenvalue weighted by atomic mass is 16.4. The van der Waals surface area contributed by atoms with Gasteiger partial charge in [-0.25, -0.2) is 0 Å². The molecule has 1 aliphatic carbocycles. The second kappa shape index (κ2) is 6.44. The van der Waals surface area contributed by atoms with Crippen LogP contribution in [0.2, 0.25) is 0 Å². The third-order valence-electron chi connectivity index (χ3n) is 4.88. The van der Waals surface area contributed by atoms with Crippen molar-refractivity contribution in [2.24, 2.45) is 5.41 Å². The molecular formula is C18H22N2O3. The van der Waals surface area contributed by atoms with Gasteiger partial charge in [0, 0.05) is 18.3 Å². The number of carboxylic acid groups (broad SMARTS) is 1. The number of para-hydroxylation sites is 1. The Balaban J connectivity index is 1.64. The highest BCUT2D eigenvalue weighted by molar-refractivity contribution is 5.83. The van der Waals surface area contributed by atoms with Crippen molar-refractivity contribution in [3.8, 4) is 0 Å². The third kappa shape index (κ3) is 3.23. The van der Waals surface area contributed by atoms with Crippen molar-refractivity contribution in [3.63, 3.8) is 0 Å². The molecule has 1 aromatic carbocycles. The molecule has 1 amide bonds. The van der Waals surface area contributed by atoms with Crippen molar-refractivity contribution >= 4 is 22.8 Å². The lowest BCUT2D eigenvalue weighted by Crippen LogP contribution is -2.45. The number of benzene rings is 1. The predicted molar refractivity (Wildman–Crippen MR) is 88.1 cm³/mol. The first-order valence-electron chi connectivity index (χ1n) is 8.15. The van der Waals surface area contributed by atoms with Gasteiger partial charge in [-0.1, -0.05) is 37.5 Å². The molecule has 1 aliphatic rings. The molecule has 0 atom stereocenters. The molecule has 0 saturated heterocycles. The van der Waals surface area contributed by atoms with E-state index in [0.29, 0.717) is 12.8 Å². The third-order valence-corrected chi connectivity index (χ3v) is 4.88. The summed E-state index contributed by atoms with van der Waals surface area (Å²) in [5.74, 6) is -0.929. The smallest absolute Gasteiger partial charge is 0.311 e. The standard InChI is InChI=1S/C18H22N2O3/c21-16(12-20-11-8-14-6-2-3-7-15(14)20)19-13-18(17(22)23)9-4-1-5-10-18/h2-3,6-8,11H,1,4-5,9-10,12-13H2,(H,19,21)(H,22,23). The number of fused-ring (bicyclic) bond motifs is 1. The number of carbonyl (C=O) groups excluding carboxylic acids is 1. The fourth-order valence-electron chi connectivity index (χ4n) is 3.45. The highest BCUT2D eigenvalue weighted by Crippen LogP contribution is 2.36. The minimum atomic E-state index is -0.788. The lowest BCUT2D eigenvalue weighted by molar-refractivity contribution is -0.151. The molecular weight excluding hydrogens is 292 g/mol. The zero-order valence-electron chi connectivity index (χ0n) is 13.1. The van der Waals surface area contributed by atoms with E-state index in [1.54, 1.807) is 0 Å². The van der Waals surface area contributed by atoms with Gasteiger partial charge in [-0.3, -0.25) is 9.59 Å². The van der Waals surface area contributed by atoms with Gasteiger partial charge in [0.1, 0.15) is 6.54 Å². The van der Waals surface area contributed by atoms with Crippen LogP contribution >= 0.6 is 0 Å². The number of nitrogens with one attached hydrogen (secondary N) is 1. The van der Waals surface area contributed by atoms with E-state index in [2.05, 4.69) is 5.32 Å². The Labute approximate surface area is 135 Å².